The number of ether oxygens (including phenoxy) is 1. The molecule has 0 saturated heterocycles. The van der Waals surface area contributed by atoms with Gasteiger partial charge in [-0.2, -0.15) is 0 Å². The lowest BCUT2D eigenvalue weighted by atomic mass is 10.1. The first-order valence-corrected chi connectivity index (χ1v) is 7.19. The van der Waals surface area contributed by atoms with Gasteiger partial charge in [0.1, 0.15) is 5.75 Å². The first-order valence-electron chi connectivity index (χ1n) is 6.81. The zero-order valence-electron chi connectivity index (χ0n) is 12.0. The number of carbonyl (C=O) groups is 2. The topological polar surface area (TPSA) is 66.8 Å². The average Bonchev–Trinajstić information content (AvgIpc) is 3.28. The number of hydrogen-bond acceptors (Lipinski definition) is 3. The minimum atomic E-state index is -0.901. The van der Waals surface area contributed by atoms with Gasteiger partial charge in [0.25, 0.3) is 5.91 Å². The first kappa shape index (κ1) is 15.6. The van der Waals surface area contributed by atoms with E-state index in [1.54, 1.807) is 30.0 Å². The van der Waals surface area contributed by atoms with Crippen LogP contribution in [0.4, 0.5) is 0 Å². The van der Waals surface area contributed by atoms with E-state index in [2.05, 4.69) is 0 Å². The van der Waals surface area contributed by atoms with Crippen LogP contribution in [0.3, 0.4) is 0 Å². The van der Waals surface area contributed by atoms with Crippen molar-refractivity contribution in [2.75, 3.05) is 13.7 Å². The summed E-state index contributed by atoms with van der Waals surface area (Å²) in [6.07, 6.45) is 1.84. The molecule has 0 bridgehead atoms. The molecule has 1 aliphatic rings. The molecular formula is C15H18ClNO4. The van der Waals surface area contributed by atoms with Crippen molar-refractivity contribution in [2.45, 2.75) is 25.8 Å². The van der Waals surface area contributed by atoms with Gasteiger partial charge in [-0.05, 0) is 31.0 Å². The highest BCUT2D eigenvalue weighted by Crippen LogP contribution is 2.31. The Morgan fingerprint density at radius 3 is 2.67 bits per heavy atom. The van der Waals surface area contributed by atoms with E-state index in [1.165, 1.54) is 7.11 Å². The van der Waals surface area contributed by atoms with Crippen LogP contribution in [0.25, 0.3) is 0 Å². The minimum Gasteiger partial charge on any atom is -0.495 e. The number of rotatable bonds is 6. The summed E-state index contributed by atoms with van der Waals surface area (Å²) in [6, 6.07) is 4.97. The van der Waals surface area contributed by atoms with Crippen LogP contribution < -0.4 is 4.74 Å². The fraction of sp³-hybridized carbons (Fsp3) is 0.467. The third kappa shape index (κ3) is 3.67. The third-order valence-electron chi connectivity index (χ3n) is 3.54. The van der Waals surface area contributed by atoms with Gasteiger partial charge in [0.15, 0.2) is 0 Å². The maximum absolute atomic E-state index is 12.6. The average molecular weight is 312 g/mol. The lowest BCUT2D eigenvalue weighted by Crippen LogP contribution is -2.38. The summed E-state index contributed by atoms with van der Waals surface area (Å²) in [5.74, 6) is -1.24. The maximum atomic E-state index is 12.6. The van der Waals surface area contributed by atoms with Crippen LogP contribution in [-0.2, 0) is 4.79 Å². The number of hydrogen-bond donors (Lipinski definition) is 1. The van der Waals surface area contributed by atoms with Gasteiger partial charge in [0, 0.05) is 18.2 Å². The highest BCUT2D eigenvalue weighted by molar-refractivity contribution is 6.32. The van der Waals surface area contributed by atoms with Crippen LogP contribution >= 0.6 is 11.6 Å². The molecule has 1 saturated carbocycles. The molecule has 1 fully saturated rings. The van der Waals surface area contributed by atoms with Gasteiger partial charge >= 0.3 is 5.97 Å². The second-order valence-electron chi connectivity index (χ2n) is 5.28. The SMILES string of the molecule is COc1cc(C(=O)N(CC(C)C(=O)O)C2CC2)ccc1Cl. The quantitative estimate of drug-likeness (QED) is 0.877. The lowest BCUT2D eigenvalue weighted by molar-refractivity contribution is -0.141. The molecule has 21 heavy (non-hydrogen) atoms. The molecule has 1 aliphatic carbocycles. The van der Waals surface area contributed by atoms with E-state index in [1.807, 2.05) is 0 Å². The molecule has 0 aromatic heterocycles. The zero-order chi connectivity index (χ0) is 15.6. The fourth-order valence-corrected chi connectivity index (χ4v) is 2.31. The maximum Gasteiger partial charge on any atom is 0.308 e. The van der Waals surface area contributed by atoms with E-state index >= 15 is 0 Å². The number of halogens is 1. The number of carboxylic acid groups (broad SMARTS) is 1. The highest BCUT2D eigenvalue weighted by Gasteiger charge is 2.35. The van der Waals surface area contributed by atoms with Crippen molar-refractivity contribution >= 4 is 23.5 Å². The van der Waals surface area contributed by atoms with Crippen molar-refractivity contribution in [3.63, 3.8) is 0 Å². The number of amides is 1. The monoisotopic (exact) mass is 311 g/mol. The molecule has 1 amide bonds. The van der Waals surface area contributed by atoms with Crippen LogP contribution in [0, 0.1) is 5.92 Å². The number of aliphatic carboxylic acids is 1. The molecule has 6 heteroatoms. The van der Waals surface area contributed by atoms with Crippen molar-refractivity contribution in [1.29, 1.82) is 0 Å². The Balaban J connectivity index is 2.20. The molecule has 0 heterocycles. The summed E-state index contributed by atoms with van der Waals surface area (Å²) in [4.78, 5) is 25.2. The molecule has 1 aromatic carbocycles. The van der Waals surface area contributed by atoms with Gasteiger partial charge in [0.05, 0.1) is 18.1 Å². The predicted molar refractivity (Wildman–Crippen MR) is 78.9 cm³/mol. The summed E-state index contributed by atoms with van der Waals surface area (Å²) >= 11 is 5.95. The molecule has 0 spiro atoms. The van der Waals surface area contributed by atoms with E-state index < -0.39 is 11.9 Å². The molecule has 5 nitrogen and oxygen atoms in total. The van der Waals surface area contributed by atoms with E-state index in [9.17, 15) is 9.59 Å². The van der Waals surface area contributed by atoms with Gasteiger partial charge in [0.2, 0.25) is 0 Å². The Kier molecular flexibility index (Phi) is 4.73. The van der Waals surface area contributed by atoms with E-state index in [0.29, 0.717) is 16.3 Å². The van der Waals surface area contributed by atoms with Crippen molar-refractivity contribution in [3.8, 4) is 5.75 Å². The first-order chi connectivity index (χ1) is 9.93. The summed E-state index contributed by atoms with van der Waals surface area (Å²) in [5.41, 5.74) is 0.459. The van der Waals surface area contributed by atoms with Gasteiger partial charge < -0.3 is 14.7 Å². The van der Waals surface area contributed by atoms with Crippen molar-refractivity contribution in [3.05, 3.63) is 28.8 Å². The number of nitrogens with zero attached hydrogens (tertiary/aromatic N) is 1. The van der Waals surface area contributed by atoms with Gasteiger partial charge in [-0.1, -0.05) is 18.5 Å². The standard InChI is InChI=1S/C15H18ClNO4/c1-9(15(19)20)8-17(11-4-5-11)14(18)10-3-6-12(16)13(7-10)21-2/h3,6-7,9,11H,4-5,8H2,1-2H3,(H,19,20). The van der Waals surface area contributed by atoms with Crippen molar-refractivity contribution in [1.82, 2.24) is 4.90 Å². The Labute approximate surface area is 128 Å². The molecule has 114 valence electrons. The molecule has 1 N–H and O–H groups in total. The molecular weight excluding hydrogens is 294 g/mol. The smallest absolute Gasteiger partial charge is 0.308 e. The number of carboxylic acids is 1. The van der Waals surface area contributed by atoms with E-state index in [4.69, 9.17) is 21.4 Å². The number of benzene rings is 1. The van der Waals surface area contributed by atoms with Crippen LogP contribution in [0.2, 0.25) is 5.02 Å². The van der Waals surface area contributed by atoms with Crippen molar-refractivity contribution < 1.29 is 19.4 Å². The van der Waals surface area contributed by atoms with Crippen LogP contribution in [-0.4, -0.2) is 41.6 Å². The molecule has 1 aromatic rings. The zero-order valence-corrected chi connectivity index (χ0v) is 12.8. The lowest BCUT2D eigenvalue weighted by Gasteiger charge is -2.24. The van der Waals surface area contributed by atoms with Crippen LogP contribution in [0.15, 0.2) is 18.2 Å². The summed E-state index contributed by atoms with van der Waals surface area (Å²) in [5, 5.41) is 9.46. The van der Waals surface area contributed by atoms with E-state index in [0.717, 1.165) is 12.8 Å². The third-order valence-corrected chi connectivity index (χ3v) is 3.85. The molecule has 1 unspecified atom stereocenters. The second kappa shape index (κ2) is 6.35. The predicted octanol–water partition coefficient (Wildman–Crippen LogP) is 2.67. The summed E-state index contributed by atoms with van der Waals surface area (Å²) in [6.45, 7) is 1.82. The summed E-state index contributed by atoms with van der Waals surface area (Å²) in [7, 11) is 1.49. The van der Waals surface area contributed by atoms with Crippen molar-refractivity contribution in [2.24, 2.45) is 5.92 Å². The Morgan fingerprint density at radius 1 is 1.48 bits per heavy atom. The van der Waals surface area contributed by atoms with Crippen LogP contribution in [0.1, 0.15) is 30.1 Å². The number of methoxy groups -OCH3 is 1. The molecule has 0 aliphatic heterocycles. The normalized spacial score (nSPS) is 15.4. The van der Waals surface area contributed by atoms with Gasteiger partial charge in [-0.25, -0.2) is 0 Å². The second-order valence-corrected chi connectivity index (χ2v) is 5.68. The highest BCUT2D eigenvalue weighted by atomic mass is 35.5. The summed E-state index contributed by atoms with van der Waals surface area (Å²) < 4.78 is 5.11. The fourth-order valence-electron chi connectivity index (χ4n) is 2.12. The van der Waals surface area contributed by atoms with E-state index in [-0.39, 0.29) is 18.5 Å². The molecule has 0 radical (unpaired) electrons. The Morgan fingerprint density at radius 2 is 2.14 bits per heavy atom. The van der Waals surface area contributed by atoms with Crippen LogP contribution in [0.5, 0.6) is 5.75 Å². The minimum absolute atomic E-state index is 0.140. The Hall–Kier alpha value is -1.75. The van der Waals surface area contributed by atoms with Gasteiger partial charge in [-0.15, -0.1) is 0 Å². The largest absolute Gasteiger partial charge is 0.495 e. The van der Waals surface area contributed by atoms with Gasteiger partial charge in [-0.3, -0.25) is 9.59 Å². The molecule has 1 atom stereocenters. The Bertz CT molecular complexity index is 557. The number of carbonyl (C=O) groups excluding carboxylic acids is 1. The molecule has 2 rings (SSSR count).